The van der Waals surface area contributed by atoms with E-state index in [1.54, 1.807) is 12.1 Å². The standard InChI is InChI=1S/C26H29N3O2/c1-19-4-12-24(13-5-19)31-25-14-6-20(7-15-25)26(30)27-21-8-10-22(11-9-21)29-17-16-23(18-29)28(2)3/h4-15,23H,16-18H2,1-3H3,(H,27,30). The number of nitrogens with one attached hydrogen (secondary N) is 1. The van der Waals surface area contributed by atoms with Crippen LogP contribution in [0, 0.1) is 6.92 Å². The maximum atomic E-state index is 12.6. The molecule has 1 unspecified atom stereocenters. The first-order chi connectivity index (χ1) is 15.0. The van der Waals surface area contributed by atoms with Crippen molar-refractivity contribution in [3.8, 4) is 11.5 Å². The number of hydrogen-bond acceptors (Lipinski definition) is 4. The number of carbonyl (C=O) groups is 1. The molecule has 1 fully saturated rings. The summed E-state index contributed by atoms with van der Waals surface area (Å²) >= 11 is 0. The predicted molar refractivity (Wildman–Crippen MR) is 126 cm³/mol. The Balaban J connectivity index is 1.34. The largest absolute Gasteiger partial charge is 0.457 e. The van der Waals surface area contributed by atoms with E-state index in [1.165, 1.54) is 17.7 Å². The van der Waals surface area contributed by atoms with E-state index in [9.17, 15) is 4.79 Å². The summed E-state index contributed by atoms with van der Waals surface area (Å²) in [5.74, 6) is 1.34. The van der Waals surface area contributed by atoms with Gasteiger partial charge in [-0.05, 0) is 88.1 Å². The van der Waals surface area contributed by atoms with Crippen LogP contribution in [0.1, 0.15) is 22.3 Å². The first kappa shape index (κ1) is 20.9. The lowest BCUT2D eigenvalue weighted by Gasteiger charge is -2.22. The maximum Gasteiger partial charge on any atom is 0.255 e. The number of aryl methyl sites for hydroxylation is 1. The molecule has 0 aliphatic carbocycles. The van der Waals surface area contributed by atoms with E-state index in [2.05, 4.69) is 41.3 Å². The van der Waals surface area contributed by atoms with Gasteiger partial charge in [0.25, 0.3) is 5.91 Å². The van der Waals surface area contributed by atoms with Crippen molar-refractivity contribution >= 4 is 17.3 Å². The van der Waals surface area contributed by atoms with Crippen LogP contribution in [0.5, 0.6) is 11.5 Å². The molecule has 0 aromatic heterocycles. The van der Waals surface area contributed by atoms with Gasteiger partial charge in [0.1, 0.15) is 11.5 Å². The van der Waals surface area contributed by atoms with Crippen LogP contribution in [0.15, 0.2) is 72.8 Å². The normalized spacial score (nSPS) is 15.9. The van der Waals surface area contributed by atoms with Gasteiger partial charge in [0.05, 0.1) is 0 Å². The third-order valence-electron chi connectivity index (χ3n) is 5.76. The first-order valence-electron chi connectivity index (χ1n) is 10.7. The van der Waals surface area contributed by atoms with E-state index >= 15 is 0 Å². The van der Waals surface area contributed by atoms with Gasteiger partial charge in [-0.25, -0.2) is 0 Å². The molecule has 31 heavy (non-hydrogen) atoms. The molecule has 1 aliphatic rings. The fourth-order valence-electron chi connectivity index (χ4n) is 3.77. The van der Waals surface area contributed by atoms with Gasteiger partial charge in [0, 0.05) is 36.1 Å². The number of carbonyl (C=O) groups excluding carboxylic acids is 1. The van der Waals surface area contributed by atoms with Gasteiger partial charge in [0.15, 0.2) is 0 Å². The van der Waals surface area contributed by atoms with E-state index in [-0.39, 0.29) is 5.91 Å². The van der Waals surface area contributed by atoms with Gasteiger partial charge < -0.3 is 19.9 Å². The summed E-state index contributed by atoms with van der Waals surface area (Å²) in [5.41, 5.74) is 3.76. The average Bonchev–Trinajstić information content (AvgIpc) is 3.27. The van der Waals surface area contributed by atoms with E-state index in [1.807, 2.05) is 55.5 Å². The van der Waals surface area contributed by atoms with Crippen molar-refractivity contribution in [1.29, 1.82) is 0 Å². The number of anilines is 2. The Labute approximate surface area is 184 Å². The Bertz CT molecular complexity index is 1010. The zero-order valence-electron chi connectivity index (χ0n) is 18.3. The number of hydrogen-bond donors (Lipinski definition) is 1. The third-order valence-corrected chi connectivity index (χ3v) is 5.76. The highest BCUT2D eigenvalue weighted by Crippen LogP contribution is 2.25. The average molecular weight is 416 g/mol. The summed E-state index contributed by atoms with van der Waals surface area (Å²) in [6, 6.07) is 23.7. The summed E-state index contributed by atoms with van der Waals surface area (Å²) in [6.45, 7) is 4.14. The lowest BCUT2D eigenvalue weighted by atomic mass is 10.2. The molecule has 1 amide bonds. The van der Waals surface area contributed by atoms with E-state index < -0.39 is 0 Å². The second kappa shape index (κ2) is 9.23. The number of nitrogens with zero attached hydrogens (tertiary/aromatic N) is 2. The number of rotatable bonds is 6. The Morgan fingerprint density at radius 1 is 0.935 bits per heavy atom. The second-order valence-electron chi connectivity index (χ2n) is 8.29. The van der Waals surface area contributed by atoms with Gasteiger partial charge in [0.2, 0.25) is 0 Å². The minimum Gasteiger partial charge on any atom is -0.457 e. The zero-order valence-corrected chi connectivity index (χ0v) is 18.3. The fourth-order valence-corrected chi connectivity index (χ4v) is 3.77. The molecule has 1 atom stereocenters. The Kier molecular flexibility index (Phi) is 6.23. The van der Waals surface area contributed by atoms with Gasteiger partial charge in [-0.15, -0.1) is 0 Å². The maximum absolute atomic E-state index is 12.6. The van der Waals surface area contributed by atoms with Crippen molar-refractivity contribution in [3.63, 3.8) is 0 Å². The smallest absolute Gasteiger partial charge is 0.255 e. The highest BCUT2D eigenvalue weighted by atomic mass is 16.5. The minimum absolute atomic E-state index is 0.136. The first-order valence-corrected chi connectivity index (χ1v) is 10.7. The molecular formula is C26H29N3O2. The van der Waals surface area contributed by atoms with Crippen molar-refractivity contribution in [3.05, 3.63) is 83.9 Å². The van der Waals surface area contributed by atoms with Crippen LogP contribution in [0.25, 0.3) is 0 Å². The molecule has 1 aliphatic heterocycles. The summed E-state index contributed by atoms with van der Waals surface area (Å²) in [5, 5.41) is 2.97. The SMILES string of the molecule is Cc1ccc(Oc2ccc(C(=O)Nc3ccc(N4CCC(N(C)C)C4)cc3)cc2)cc1. The van der Waals surface area contributed by atoms with Crippen LogP contribution in [0.4, 0.5) is 11.4 Å². The molecule has 1 saturated heterocycles. The summed E-state index contributed by atoms with van der Waals surface area (Å²) in [4.78, 5) is 17.3. The molecule has 1 N–H and O–H groups in total. The lowest BCUT2D eigenvalue weighted by Crippen LogP contribution is -2.31. The van der Waals surface area contributed by atoms with Crippen LogP contribution in [0.2, 0.25) is 0 Å². The van der Waals surface area contributed by atoms with Crippen LogP contribution in [-0.4, -0.2) is 44.0 Å². The second-order valence-corrected chi connectivity index (χ2v) is 8.29. The van der Waals surface area contributed by atoms with E-state index in [0.717, 1.165) is 24.5 Å². The summed E-state index contributed by atoms with van der Waals surface area (Å²) in [6.07, 6.45) is 1.18. The topological polar surface area (TPSA) is 44.8 Å². The third kappa shape index (κ3) is 5.25. The van der Waals surface area contributed by atoms with Gasteiger partial charge in [-0.2, -0.15) is 0 Å². The van der Waals surface area contributed by atoms with E-state index in [0.29, 0.717) is 17.4 Å². The molecule has 5 heteroatoms. The molecule has 0 spiro atoms. The lowest BCUT2D eigenvalue weighted by molar-refractivity contribution is 0.102. The molecule has 0 saturated carbocycles. The van der Waals surface area contributed by atoms with Gasteiger partial charge >= 0.3 is 0 Å². The number of likely N-dealkylation sites (N-methyl/N-ethyl adjacent to an activating group) is 1. The number of benzene rings is 3. The van der Waals surface area contributed by atoms with Gasteiger partial charge in [-0.1, -0.05) is 17.7 Å². The summed E-state index contributed by atoms with van der Waals surface area (Å²) in [7, 11) is 4.27. The molecule has 0 radical (unpaired) electrons. The number of amides is 1. The van der Waals surface area contributed by atoms with Gasteiger partial charge in [-0.3, -0.25) is 4.79 Å². The van der Waals surface area contributed by atoms with Crippen LogP contribution in [0.3, 0.4) is 0 Å². The fraction of sp³-hybridized carbons (Fsp3) is 0.269. The van der Waals surface area contributed by atoms with Crippen molar-refractivity contribution < 1.29 is 9.53 Å². The van der Waals surface area contributed by atoms with Crippen molar-refractivity contribution in [1.82, 2.24) is 4.90 Å². The Morgan fingerprint density at radius 2 is 1.55 bits per heavy atom. The predicted octanol–water partition coefficient (Wildman–Crippen LogP) is 5.18. The highest BCUT2D eigenvalue weighted by Gasteiger charge is 2.23. The molecular weight excluding hydrogens is 386 g/mol. The highest BCUT2D eigenvalue weighted by molar-refractivity contribution is 6.04. The molecule has 3 aromatic carbocycles. The summed E-state index contributed by atoms with van der Waals surface area (Å²) < 4.78 is 5.83. The van der Waals surface area contributed by atoms with Crippen LogP contribution >= 0.6 is 0 Å². The Morgan fingerprint density at radius 3 is 2.13 bits per heavy atom. The van der Waals surface area contributed by atoms with Crippen molar-refractivity contribution in [2.75, 3.05) is 37.4 Å². The Hall–Kier alpha value is -3.31. The van der Waals surface area contributed by atoms with Crippen molar-refractivity contribution in [2.24, 2.45) is 0 Å². The zero-order chi connectivity index (χ0) is 21.8. The minimum atomic E-state index is -0.136. The van der Waals surface area contributed by atoms with Crippen molar-refractivity contribution in [2.45, 2.75) is 19.4 Å². The molecule has 5 nitrogen and oxygen atoms in total. The molecule has 160 valence electrons. The van der Waals surface area contributed by atoms with E-state index in [4.69, 9.17) is 4.74 Å². The molecule has 0 bridgehead atoms. The molecule has 3 aromatic rings. The number of ether oxygens (including phenoxy) is 1. The quantitative estimate of drug-likeness (QED) is 0.603. The van der Waals surface area contributed by atoms with Crippen LogP contribution < -0.4 is 15.0 Å². The molecule has 1 heterocycles. The van der Waals surface area contributed by atoms with Crippen LogP contribution in [-0.2, 0) is 0 Å². The molecule has 4 rings (SSSR count). The monoisotopic (exact) mass is 415 g/mol.